The molecule has 1 saturated carbocycles. The average Bonchev–Trinajstić information content (AvgIpc) is 3.01. The summed E-state index contributed by atoms with van der Waals surface area (Å²) in [5.41, 5.74) is -3.56. The predicted octanol–water partition coefficient (Wildman–Crippen LogP) is 3.75. The van der Waals surface area contributed by atoms with Crippen molar-refractivity contribution in [1.29, 1.82) is 0 Å². The van der Waals surface area contributed by atoms with Gasteiger partial charge in [-0.3, -0.25) is 0 Å². The largest absolute Gasteiger partial charge is 0.480 e. The Hall–Kier alpha value is -1.32. The zero-order chi connectivity index (χ0) is 18.3. The van der Waals surface area contributed by atoms with Crippen LogP contribution in [0, 0.1) is 23.7 Å². The number of alkyl halides is 7. The molecule has 2 bridgehead atoms. The first kappa shape index (κ1) is 19.0. The maximum atomic E-state index is 13.3. The van der Waals surface area contributed by atoms with Crippen molar-refractivity contribution < 1.29 is 45.4 Å². The van der Waals surface area contributed by atoms with E-state index in [-0.39, 0.29) is 6.42 Å². The summed E-state index contributed by atoms with van der Waals surface area (Å²) in [6.07, 6.45) is -8.55. The quantitative estimate of drug-likeness (QED) is 0.577. The van der Waals surface area contributed by atoms with Crippen molar-refractivity contribution in [3.8, 4) is 0 Å². The highest BCUT2D eigenvalue weighted by molar-refractivity contribution is 5.68. The molecule has 10 heteroatoms. The van der Waals surface area contributed by atoms with E-state index in [1.54, 1.807) is 0 Å². The lowest BCUT2D eigenvalue weighted by Gasteiger charge is -2.39. The molecule has 2 aliphatic rings. The third-order valence-corrected chi connectivity index (χ3v) is 4.77. The van der Waals surface area contributed by atoms with Crippen LogP contribution < -0.4 is 0 Å². The van der Waals surface area contributed by atoms with Gasteiger partial charge in [0.15, 0.2) is 5.60 Å². The Kier molecular flexibility index (Phi) is 4.91. The van der Waals surface area contributed by atoms with Gasteiger partial charge in [-0.05, 0) is 30.6 Å². The summed E-state index contributed by atoms with van der Waals surface area (Å²) in [4.78, 5) is 10.5. The molecule has 3 nitrogen and oxygen atoms in total. The Balaban J connectivity index is 2.31. The molecule has 1 N–H and O–H groups in total. The third kappa shape index (κ3) is 3.38. The molecule has 2 aliphatic carbocycles. The van der Waals surface area contributed by atoms with E-state index in [9.17, 15) is 35.5 Å². The lowest BCUT2D eigenvalue weighted by molar-refractivity contribution is -0.293. The number of fused-ring (bicyclic) bond motifs is 2. The highest BCUT2D eigenvalue weighted by atomic mass is 19.4. The van der Waals surface area contributed by atoms with E-state index in [0.29, 0.717) is 0 Å². The third-order valence-electron chi connectivity index (χ3n) is 4.77. The van der Waals surface area contributed by atoms with Gasteiger partial charge in [-0.1, -0.05) is 12.2 Å². The molecular formula is C14H15F7O3. The van der Waals surface area contributed by atoms with E-state index in [1.807, 2.05) is 0 Å². The molecule has 24 heavy (non-hydrogen) atoms. The van der Waals surface area contributed by atoms with E-state index in [1.165, 1.54) is 12.2 Å². The number of allylic oxidation sites excluding steroid dienone is 2. The van der Waals surface area contributed by atoms with Crippen LogP contribution in [0.4, 0.5) is 30.7 Å². The molecule has 5 unspecified atom stereocenters. The lowest BCUT2D eigenvalue weighted by Crippen LogP contribution is -2.53. The number of aliphatic carboxylic acids is 1. The number of ether oxygens (including phenoxy) is 1. The maximum Gasteiger partial charge on any atom is 0.420 e. The molecule has 0 radical (unpaired) electrons. The van der Waals surface area contributed by atoms with Gasteiger partial charge in [0.25, 0.3) is 0 Å². The summed E-state index contributed by atoms with van der Waals surface area (Å²) < 4.78 is 97.0. The second-order valence-corrected chi connectivity index (χ2v) is 6.19. The van der Waals surface area contributed by atoms with Gasteiger partial charge in [0.1, 0.15) is 13.3 Å². The summed E-state index contributed by atoms with van der Waals surface area (Å²) in [5.74, 6) is -6.99. The Bertz CT molecular complexity index is 513. The minimum atomic E-state index is -5.33. The van der Waals surface area contributed by atoms with Gasteiger partial charge in [-0.15, -0.1) is 0 Å². The van der Waals surface area contributed by atoms with E-state index in [4.69, 9.17) is 5.11 Å². The number of carboxylic acid groups (broad SMARTS) is 1. The van der Waals surface area contributed by atoms with Gasteiger partial charge in [0.2, 0.25) is 0 Å². The predicted molar refractivity (Wildman–Crippen MR) is 66.7 cm³/mol. The highest BCUT2D eigenvalue weighted by Crippen LogP contribution is 2.57. The number of hydrogen-bond donors (Lipinski definition) is 1. The Morgan fingerprint density at radius 3 is 2.17 bits per heavy atom. The lowest BCUT2D eigenvalue weighted by atomic mass is 9.75. The van der Waals surface area contributed by atoms with E-state index >= 15 is 0 Å². The van der Waals surface area contributed by atoms with Crippen molar-refractivity contribution in [3.63, 3.8) is 0 Å². The molecule has 0 spiro atoms. The average molecular weight is 364 g/mol. The fourth-order valence-electron chi connectivity index (χ4n) is 3.69. The molecule has 138 valence electrons. The molecule has 0 heterocycles. The van der Waals surface area contributed by atoms with Gasteiger partial charge in [0, 0.05) is 0 Å². The molecule has 0 aromatic heterocycles. The molecule has 2 rings (SSSR count). The molecule has 0 aromatic rings. The molecule has 5 atom stereocenters. The topological polar surface area (TPSA) is 46.5 Å². The Morgan fingerprint density at radius 1 is 1.12 bits per heavy atom. The Morgan fingerprint density at radius 2 is 1.71 bits per heavy atom. The van der Waals surface area contributed by atoms with Crippen LogP contribution in [0.3, 0.4) is 0 Å². The number of hydrogen-bond acceptors (Lipinski definition) is 2. The zero-order valence-corrected chi connectivity index (χ0v) is 12.2. The standard InChI is InChI=1S/C14H15F7O3/c15-6-12(14(19,20)21,24-5-10(22)23)4-9-7-1-2-8(3-7)11(9)13(16,17)18/h1-2,7-9,11H,3-6H2,(H,22,23). The van der Waals surface area contributed by atoms with Crippen molar-refractivity contribution in [1.82, 2.24) is 0 Å². The highest BCUT2D eigenvalue weighted by Gasteiger charge is 2.63. The van der Waals surface area contributed by atoms with Crippen LogP contribution in [-0.4, -0.2) is 42.3 Å². The van der Waals surface area contributed by atoms with Gasteiger partial charge < -0.3 is 9.84 Å². The number of carboxylic acids is 1. The summed E-state index contributed by atoms with van der Waals surface area (Å²) in [6.45, 7) is -3.59. The first-order chi connectivity index (χ1) is 10.9. The van der Waals surface area contributed by atoms with Crippen molar-refractivity contribution in [2.75, 3.05) is 13.3 Å². The number of rotatable bonds is 6. The molecule has 0 aromatic carbocycles. The van der Waals surface area contributed by atoms with E-state index < -0.39 is 67.3 Å². The van der Waals surface area contributed by atoms with Crippen molar-refractivity contribution >= 4 is 5.97 Å². The summed E-state index contributed by atoms with van der Waals surface area (Å²) in [6, 6.07) is 0. The summed E-state index contributed by atoms with van der Waals surface area (Å²) in [5, 5.41) is 8.48. The Labute approximate surface area is 132 Å². The van der Waals surface area contributed by atoms with Crippen LogP contribution in [0.2, 0.25) is 0 Å². The second kappa shape index (κ2) is 6.20. The van der Waals surface area contributed by atoms with Crippen LogP contribution in [0.1, 0.15) is 12.8 Å². The van der Waals surface area contributed by atoms with Crippen LogP contribution in [0.5, 0.6) is 0 Å². The zero-order valence-electron chi connectivity index (χ0n) is 12.2. The molecule has 0 saturated heterocycles. The number of halogens is 7. The van der Waals surface area contributed by atoms with Crippen LogP contribution in [-0.2, 0) is 9.53 Å². The molecule has 0 aliphatic heterocycles. The fourth-order valence-corrected chi connectivity index (χ4v) is 3.69. The van der Waals surface area contributed by atoms with Crippen LogP contribution in [0.25, 0.3) is 0 Å². The van der Waals surface area contributed by atoms with Gasteiger partial charge in [0.05, 0.1) is 5.92 Å². The SMILES string of the molecule is O=C(O)COC(CF)(CC1C2C=CC(C2)C1C(F)(F)F)C(F)(F)F. The summed E-state index contributed by atoms with van der Waals surface area (Å²) in [7, 11) is 0. The molecule has 0 amide bonds. The van der Waals surface area contributed by atoms with Crippen LogP contribution in [0.15, 0.2) is 12.2 Å². The minimum absolute atomic E-state index is 0.0496. The van der Waals surface area contributed by atoms with Gasteiger partial charge in [-0.2, -0.15) is 26.3 Å². The fraction of sp³-hybridized carbons (Fsp3) is 0.786. The first-order valence-electron chi connectivity index (χ1n) is 7.15. The van der Waals surface area contributed by atoms with E-state index in [0.717, 1.165) is 0 Å². The number of carbonyl (C=O) groups is 1. The summed E-state index contributed by atoms with van der Waals surface area (Å²) >= 11 is 0. The minimum Gasteiger partial charge on any atom is -0.480 e. The molecule has 1 fully saturated rings. The van der Waals surface area contributed by atoms with Gasteiger partial charge in [-0.25, -0.2) is 9.18 Å². The first-order valence-corrected chi connectivity index (χ1v) is 7.15. The molecular weight excluding hydrogens is 349 g/mol. The second-order valence-electron chi connectivity index (χ2n) is 6.19. The van der Waals surface area contributed by atoms with Crippen LogP contribution >= 0.6 is 0 Å². The van der Waals surface area contributed by atoms with E-state index in [2.05, 4.69) is 4.74 Å². The van der Waals surface area contributed by atoms with Crippen molar-refractivity contribution in [2.24, 2.45) is 23.7 Å². The normalized spacial score (nSPS) is 32.1. The smallest absolute Gasteiger partial charge is 0.420 e. The van der Waals surface area contributed by atoms with Crippen molar-refractivity contribution in [3.05, 3.63) is 12.2 Å². The maximum absolute atomic E-state index is 13.3. The van der Waals surface area contributed by atoms with Gasteiger partial charge >= 0.3 is 18.3 Å². The monoisotopic (exact) mass is 364 g/mol. The van der Waals surface area contributed by atoms with Crippen molar-refractivity contribution in [2.45, 2.75) is 30.8 Å².